The van der Waals surface area contributed by atoms with Crippen molar-refractivity contribution in [3.8, 4) is 33.4 Å². The number of thiophene rings is 2. The predicted molar refractivity (Wildman–Crippen MR) is 221 cm³/mol. The molecule has 0 nitrogen and oxygen atoms in total. The second-order valence-corrected chi connectivity index (χ2v) is 15.3. The van der Waals surface area contributed by atoms with E-state index in [0.717, 1.165) is 0 Å². The fraction of sp³-hybridized carbons (Fsp3) is 0. The van der Waals surface area contributed by atoms with E-state index >= 15 is 0 Å². The summed E-state index contributed by atoms with van der Waals surface area (Å²) in [4.78, 5) is 0. The third-order valence-electron chi connectivity index (χ3n) is 10.5. The first-order valence-electron chi connectivity index (χ1n) is 17.1. The van der Waals surface area contributed by atoms with Gasteiger partial charge in [0.25, 0.3) is 0 Å². The molecule has 50 heavy (non-hydrogen) atoms. The minimum atomic E-state index is 1.23. The van der Waals surface area contributed by atoms with Crippen molar-refractivity contribution >= 4 is 95.3 Å². The van der Waals surface area contributed by atoms with Crippen LogP contribution in [0.15, 0.2) is 170 Å². The summed E-state index contributed by atoms with van der Waals surface area (Å²) in [6.07, 6.45) is 0. The molecule has 0 saturated carbocycles. The van der Waals surface area contributed by atoms with E-state index in [1.54, 1.807) is 0 Å². The van der Waals surface area contributed by atoms with E-state index in [1.807, 2.05) is 22.7 Å². The first-order valence-corrected chi connectivity index (χ1v) is 18.7. The third kappa shape index (κ3) is 4.16. The van der Waals surface area contributed by atoms with E-state index in [9.17, 15) is 0 Å². The highest BCUT2D eigenvalue weighted by Gasteiger charge is 2.17. The Labute approximate surface area is 297 Å². The van der Waals surface area contributed by atoms with Crippen LogP contribution in [0.1, 0.15) is 0 Å². The molecule has 0 N–H and O–H groups in total. The van der Waals surface area contributed by atoms with Gasteiger partial charge in [0, 0.05) is 40.3 Å². The van der Waals surface area contributed by atoms with Crippen LogP contribution in [0.25, 0.3) is 106 Å². The SMILES string of the molecule is c1ccc(-c2c3ccccc3c(-c3ccc(-c4ccc5c(ccc6c7cc8c(cc7sc56)sc5ccccc58)c4)cc3)c3ccccc23)cc1. The summed E-state index contributed by atoms with van der Waals surface area (Å²) >= 11 is 3.82. The van der Waals surface area contributed by atoms with E-state index in [1.165, 1.54) is 106 Å². The molecule has 0 unspecified atom stereocenters. The van der Waals surface area contributed by atoms with Crippen molar-refractivity contribution in [3.63, 3.8) is 0 Å². The molecular formula is C48H28S2. The minimum Gasteiger partial charge on any atom is -0.135 e. The highest BCUT2D eigenvalue weighted by Crippen LogP contribution is 2.46. The van der Waals surface area contributed by atoms with Crippen LogP contribution in [-0.2, 0) is 0 Å². The van der Waals surface area contributed by atoms with Crippen LogP contribution in [0, 0.1) is 0 Å². The van der Waals surface area contributed by atoms with Gasteiger partial charge in [-0.25, -0.2) is 0 Å². The molecule has 2 aromatic heterocycles. The Kier molecular flexibility index (Phi) is 6.09. The van der Waals surface area contributed by atoms with E-state index < -0.39 is 0 Å². The molecule has 0 atom stereocenters. The molecule has 9 aromatic carbocycles. The highest BCUT2D eigenvalue weighted by atomic mass is 32.1. The summed E-state index contributed by atoms with van der Waals surface area (Å²) in [6.45, 7) is 0. The normalized spacial score (nSPS) is 12.0. The lowest BCUT2D eigenvalue weighted by atomic mass is 9.85. The van der Waals surface area contributed by atoms with Crippen LogP contribution < -0.4 is 0 Å². The van der Waals surface area contributed by atoms with Crippen molar-refractivity contribution in [2.45, 2.75) is 0 Å². The summed E-state index contributed by atoms with van der Waals surface area (Å²) in [5.41, 5.74) is 7.55. The average molecular weight is 669 g/mol. The lowest BCUT2D eigenvalue weighted by Crippen LogP contribution is -1.90. The van der Waals surface area contributed by atoms with E-state index in [2.05, 4.69) is 170 Å². The van der Waals surface area contributed by atoms with Gasteiger partial charge in [0.05, 0.1) is 0 Å². The maximum atomic E-state index is 2.42. The van der Waals surface area contributed by atoms with Gasteiger partial charge in [-0.3, -0.25) is 0 Å². The molecule has 2 heterocycles. The van der Waals surface area contributed by atoms with Crippen LogP contribution in [-0.4, -0.2) is 0 Å². The zero-order valence-corrected chi connectivity index (χ0v) is 28.6. The average Bonchev–Trinajstić information content (AvgIpc) is 3.73. The van der Waals surface area contributed by atoms with Crippen LogP contribution in [0.3, 0.4) is 0 Å². The molecule has 0 amide bonds. The van der Waals surface area contributed by atoms with Gasteiger partial charge in [0.15, 0.2) is 0 Å². The standard InChI is InChI=1S/C48H28S2/c1-2-10-30(11-3-1)46-36-13-4-6-15-38(36)47(39-16-7-5-14-37(39)46)31-20-18-29(19-21-31)32-22-24-34-33(26-32)23-25-40-42-27-41-35-12-8-9-17-43(35)49-44(41)28-45(42)50-48(34)40/h1-28H. The molecule has 11 aromatic rings. The maximum absolute atomic E-state index is 2.42. The fourth-order valence-corrected chi connectivity index (χ4v) is 10.6. The summed E-state index contributed by atoms with van der Waals surface area (Å²) in [7, 11) is 0. The summed E-state index contributed by atoms with van der Waals surface area (Å²) < 4.78 is 5.47. The van der Waals surface area contributed by atoms with Gasteiger partial charge in [-0.05, 0) is 90.0 Å². The molecule has 0 radical (unpaired) electrons. The van der Waals surface area contributed by atoms with Gasteiger partial charge in [-0.1, -0.05) is 146 Å². The Morgan fingerprint density at radius 3 is 1.48 bits per heavy atom. The first-order chi connectivity index (χ1) is 24.8. The topological polar surface area (TPSA) is 0 Å². The Morgan fingerprint density at radius 2 is 0.780 bits per heavy atom. The Hall–Kier alpha value is -5.80. The lowest BCUT2D eigenvalue weighted by Gasteiger charge is -2.18. The molecule has 11 rings (SSSR count). The van der Waals surface area contributed by atoms with E-state index in [0.29, 0.717) is 0 Å². The van der Waals surface area contributed by atoms with Crippen LogP contribution in [0.4, 0.5) is 0 Å². The molecule has 0 aliphatic rings. The van der Waals surface area contributed by atoms with Gasteiger partial charge in [-0.15, -0.1) is 22.7 Å². The van der Waals surface area contributed by atoms with Crippen LogP contribution >= 0.6 is 22.7 Å². The molecule has 0 aliphatic carbocycles. The monoisotopic (exact) mass is 668 g/mol. The summed E-state index contributed by atoms with van der Waals surface area (Å²) in [5, 5.41) is 13.2. The van der Waals surface area contributed by atoms with E-state index in [4.69, 9.17) is 0 Å². The molecule has 0 aliphatic heterocycles. The van der Waals surface area contributed by atoms with Crippen molar-refractivity contribution in [1.82, 2.24) is 0 Å². The zero-order chi connectivity index (χ0) is 32.8. The zero-order valence-electron chi connectivity index (χ0n) is 27.0. The fourth-order valence-electron chi connectivity index (χ4n) is 8.15. The first kappa shape index (κ1) is 28.1. The molecule has 232 valence electrons. The van der Waals surface area contributed by atoms with Crippen molar-refractivity contribution < 1.29 is 0 Å². The predicted octanol–water partition coefficient (Wildman–Crippen LogP) is 14.9. The van der Waals surface area contributed by atoms with Crippen molar-refractivity contribution in [3.05, 3.63) is 170 Å². The number of hydrogen-bond donors (Lipinski definition) is 0. The molecule has 0 saturated heterocycles. The van der Waals surface area contributed by atoms with Gasteiger partial charge in [0.2, 0.25) is 0 Å². The summed E-state index contributed by atoms with van der Waals surface area (Å²) in [5.74, 6) is 0. The van der Waals surface area contributed by atoms with Crippen LogP contribution in [0.2, 0.25) is 0 Å². The second kappa shape index (κ2) is 10.9. The van der Waals surface area contributed by atoms with E-state index in [-0.39, 0.29) is 0 Å². The highest BCUT2D eigenvalue weighted by molar-refractivity contribution is 7.28. The molecular weight excluding hydrogens is 641 g/mol. The van der Waals surface area contributed by atoms with Gasteiger partial charge < -0.3 is 0 Å². The quantitative estimate of drug-likeness (QED) is 0.164. The summed E-state index contributed by atoms with van der Waals surface area (Å²) in [6, 6.07) is 63.0. The Balaban J connectivity index is 1.02. The van der Waals surface area contributed by atoms with Gasteiger partial charge in [0.1, 0.15) is 0 Å². The third-order valence-corrected chi connectivity index (χ3v) is 12.8. The Bertz CT molecular complexity index is 3070. The van der Waals surface area contributed by atoms with Crippen LogP contribution in [0.5, 0.6) is 0 Å². The van der Waals surface area contributed by atoms with Gasteiger partial charge >= 0.3 is 0 Å². The van der Waals surface area contributed by atoms with Crippen molar-refractivity contribution in [2.24, 2.45) is 0 Å². The van der Waals surface area contributed by atoms with Gasteiger partial charge in [-0.2, -0.15) is 0 Å². The molecule has 0 fully saturated rings. The molecule has 0 bridgehead atoms. The lowest BCUT2D eigenvalue weighted by molar-refractivity contribution is 1.63. The molecule has 0 spiro atoms. The maximum Gasteiger partial charge on any atom is 0.0433 e. The largest absolute Gasteiger partial charge is 0.135 e. The number of fused-ring (bicyclic) bond motifs is 10. The molecule has 2 heteroatoms. The number of rotatable bonds is 3. The van der Waals surface area contributed by atoms with Crippen molar-refractivity contribution in [2.75, 3.05) is 0 Å². The second-order valence-electron chi connectivity index (χ2n) is 13.2. The minimum absolute atomic E-state index is 1.23. The smallest absolute Gasteiger partial charge is 0.0433 e. The number of benzene rings is 9. The number of hydrogen-bond acceptors (Lipinski definition) is 2. The van der Waals surface area contributed by atoms with Crippen molar-refractivity contribution in [1.29, 1.82) is 0 Å². The Morgan fingerprint density at radius 1 is 0.260 bits per heavy atom.